The maximum Gasteiger partial charge on any atom is 0.416 e. The summed E-state index contributed by atoms with van der Waals surface area (Å²) in [5, 5.41) is 7.18. The number of rotatable bonds is 5. The molecule has 5 nitrogen and oxygen atoms in total. The fourth-order valence-corrected chi connectivity index (χ4v) is 2.06. The van der Waals surface area contributed by atoms with Gasteiger partial charge in [-0.15, -0.1) is 5.10 Å². The van der Waals surface area contributed by atoms with Crippen LogP contribution in [0.15, 0.2) is 52.8 Å². The van der Waals surface area contributed by atoms with Crippen LogP contribution in [-0.2, 0) is 12.6 Å². The van der Waals surface area contributed by atoms with Gasteiger partial charge in [-0.25, -0.2) is 0 Å². The highest BCUT2D eigenvalue weighted by atomic mass is 19.4. The molecular formula is C15H16F3N5. The Balaban J connectivity index is 2.09. The van der Waals surface area contributed by atoms with Gasteiger partial charge in [0.15, 0.2) is 0 Å². The highest BCUT2D eigenvalue weighted by Crippen LogP contribution is 2.29. The summed E-state index contributed by atoms with van der Waals surface area (Å²) in [4.78, 5) is 0. The van der Waals surface area contributed by atoms with Crippen molar-refractivity contribution in [3.05, 3.63) is 53.9 Å². The number of alkyl halides is 3. The first-order valence-corrected chi connectivity index (χ1v) is 6.82. The molecule has 0 bridgehead atoms. The Hall–Kier alpha value is -2.77. The van der Waals surface area contributed by atoms with E-state index in [1.54, 1.807) is 12.4 Å². The summed E-state index contributed by atoms with van der Waals surface area (Å²) in [6.07, 6.45) is 0.285. The van der Waals surface area contributed by atoms with Gasteiger partial charge in [0, 0.05) is 23.8 Å². The molecule has 1 aromatic carbocycles. The van der Waals surface area contributed by atoms with E-state index < -0.39 is 11.7 Å². The molecule has 1 aromatic heterocycles. The third-order valence-corrected chi connectivity index (χ3v) is 3.09. The molecule has 122 valence electrons. The van der Waals surface area contributed by atoms with Gasteiger partial charge in [0.25, 0.3) is 0 Å². The zero-order valence-electron chi connectivity index (χ0n) is 12.2. The van der Waals surface area contributed by atoms with Crippen LogP contribution in [0.25, 0.3) is 5.69 Å². The van der Waals surface area contributed by atoms with Crippen LogP contribution in [0.2, 0.25) is 0 Å². The maximum atomic E-state index is 12.6. The van der Waals surface area contributed by atoms with E-state index in [1.165, 1.54) is 12.1 Å². The molecule has 0 amide bonds. The highest BCUT2D eigenvalue weighted by molar-refractivity contribution is 5.76. The molecule has 0 aliphatic heterocycles. The van der Waals surface area contributed by atoms with Crippen LogP contribution in [0.1, 0.15) is 17.7 Å². The second-order valence-electron chi connectivity index (χ2n) is 4.78. The van der Waals surface area contributed by atoms with Crippen molar-refractivity contribution in [2.24, 2.45) is 21.7 Å². The minimum Gasteiger partial charge on any atom is -0.369 e. The predicted octanol–water partition coefficient (Wildman–Crippen LogP) is 2.69. The average Bonchev–Trinajstić information content (AvgIpc) is 2.94. The van der Waals surface area contributed by atoms with E-state index in [9.17, 15) is 13.2 Å². The van der Waals surface area contributed by atoms with Gasteiger partial charge in [0.2, 0.25) is 5.96 Å². The van der Waals surface area contributed by atoms with Crippen LogP contribution >= 0.6 is 0 Å². The molecule has 2 rings (SSSR count). The van der Waals surface area contributed by atoms with Crippen molar-refractivity contribution in [3.8, 4) is 5.69 Å². The lowest BCUT2D eigenvalue weighted by molar-refractivity contribution is -0.137. The monoisotopic (exact) mass is 323 g/mol. The van der Waals surface area contributed by atoms with Crippen LogP contribution in [0.4, 0.5) is 13.2 Å². The van der Waals surface area contributed by atoms with Crippen molar-refractivity contribution < 1.29 is 13.2 Å². The van der Waals surface area contributed by atoms with Gasteiger partial charge >= 0.3 is 6.18 Å². The Morgan fingerprint density at radius 3 is 2.43 bits per heavy atom. The summed E-state index contributed by atoms with van der Waals surface area (Å²) in [6.45, 7) is 0. The molecule has 0 fully saturated rings. The van der Waals surface area contributed by atoms with Gasteiger partial charge in [-0.3, -0.25) is 0 Å². The van der Waals surface area contributed by atoms with E-state index in [4.69, 9.17) is 11.5 Å². The van der Waals surface area contributed by atoms with Crippen molar-refractivity contribution in [2.75, 3.05) is 0 Å². The van der Waals surface area contributed by atoms with Gasteiger partial charge in [-0.05, 0) is 49.2 Å². The molecule has 0 aliphatic carbocycles. The Morgan fingerprint density at radius 2 is 1.83 bits per heavy atom. The lowest BCUT2D eigenvalue weighted by Crippen LogP contribution is -2.21. The molecule has 1 heterocycles. The zero-order valence-corrected chi connectivity index (χ0v) is 12.2. The standard InChI is InChI=1S/C15H16F3N5/c16-15(17,18)11-5-7-13(8-6-11)23-10-2-4-12(23)3-1-9-21-22-14(19)20/h2,4-10H,1,3H2,(H4,19,20,22)/b21-9+. The van der Waals surface area contributed by atoms with Crippen LogP contribution in [0.3, 0.4) is 0 Å². The normalized spacial score (nSPS) is 11.8. The van der Waals surface area contributed by atoms with Crippen LogP contribution < -0.4 is 11.5 Å². The first kappa shape index (κ1) is 16.6. The van der Waals surface area contributed by atoms with Gasteiger partial charge in [0.1, 0.15) is 0 Å². The van der Waals surface area contributed by atoms with Gasteiger partial charge in [-0.1, -0.05) is 0 Å². The summed E-state index contributed by atoms with van der Waals surface area (Å²) in [5.74, 6) is -0.116. The lowest BCUT2D eigenvalue weighted by Gasteiger charge is -2.11. The second kappa shape index (κ2) is 6.99. The van der Waals surface area contributed by atoms with Crippen LogP contribution in [0.5, 0.6) is 0 Å². The van der Waals surface area contributed by atoms with E-state index in [0.717, 1.165) is 17.8 Å². The number of guanidine groups is 1. The fraction of sp³-hybridized carbons (Fsp3) is 0.200. The van der Waals surface area contributed by atoms with Gasteiger partial charge in [-0.2, -0.15) is 18.3 Å². The number of halogens is 3. The number of hydrogen-bond acceptors (Lipinski definition) is 2. The smallest absolute Gasteiger partial charge is 0.369 e. The van der Waals surface area contributed by atoms with Crippen molar-refractivity contribution >= 4 is 12.2 Å². The van der Waals surface area contributed by atoms with E-state index in [-0.39, 0.29) is 5.96 Å². The maximum absolute atomic E-state index is 12.6. The minimum atomic E-state index is -4.33. The van der Waals surface area contributed by atoms with E-state index >= 15 is 0 Å². The molecule has 0 aliphatic rings. The molecule has 23 heavy (non-hydrogen) atoms. The summed E-state index contributed by atoms with van der Waals surface area (Å²) in [6, 6.07) is 8.75. The second-order valence-corrected chi connectivity index (χ2v) is 4.78. The van der Waals surface area contributed by atoms with E-state index in [1.807, 2.05) is 16.7 Å². The van der Waals surface area contributed by atoms with Gasteiger partial charge < -0.3 is 16.0 Å². The number of hydrogen-bond donors (Lipinski definition) is 2. The third kappa shape index (κ3) is 4.60. The molecule has 2 aromatic rings. The van der Waals surface area contributed by atoms with Crippen molar-refractivity contribution in [3.63, 3.8) is 0 Å². The number of nitrogens with zero attached hydrogens (tertiary/aromatic N) is 3. The average molecular weight is 323 g/mol. The Labute approximate surface area is 131 Å². The number of nitrogens with two attached hydrogens (primary N) is 2. The SMILES string of the molecule is NC(N)=N/N=C/CCc1cccn1-c1ccc(C(F)(F)F)cc1. The first-order chi connectivity index (χ1) is 10.9. The predicted molar refractivity (Wildman–Crippen MR) is 83.4 cm³/mol. The number of aryl methyl sites for hydroxylation is 1. The largest absolute Gasteiger partial charge is 0.416 e. The lowest BCUT2D eigenvalue weighted by atomic mass is 10.2. The molecule has 8 heteroatoms. The van der Waals surface area contributed by atoms with Crippen LogP contribution in [0, 0.1) is 0 Å². The van der Waals surface area contributed by atoms with Gasteiger partial charge in [0.05, 0.1) is 5.56 Å². The molecular weight excluding hydrogens is 307 g/mol. The molecule has 0 saturated carbocycles. The third-order valence-electron chi connectivity index (χ3n) is 3.09. The van der Waals surface area contributed by atoms with Crippen LogP contribution in [-0.4, -0.2) is 16.7 Å². The topological polar surface area (TPSA) is 81.7 Å². The highest BCUT2D eigenvalue weighted by Gasteiger charge is 2.29. The van der Waals surface area contributed by atoms with E-state index in [0.29, 0.717) is 18.5 Å². The number of benzene rings is 1. The minimum absolute atomic E-state index is 0.116. The van der Waals surface area contributed by atoms with Crippen molar-refractivity contribution in [1.82, 2.24) is 4.57 Å². The van der Waals surface area contributed by atoms with E-state index in [2.05, 4.69) is 10.2 Å². The summed E-state index contributed by atoms with van der Waals surface area (Å²) < 4.78 is 39.6. The Bertz CT molecular complexity index is 695. The molecule has 0 atom stereocenters. The summed E-state index contributed by atoms with van der Waals surface area (Å²) >= 11 is 0. The first-order valence-electron chi connectivity index (χ1n) is 6.82. The molecule has 4 N–H and O–H groups in total. The molecule has 0 saturated heterocycles. The Kier molecular flexibility index (Phi) is 5.05. The quantitative estimate of drug-likeness (QED) is 0.504. The Morgan fingerprint density at radius 1 is 1.13 bits per heavy atom. The fourth-order valence-electron chi connectivity index (χ4n) is 2.06. The molecule has 0 unspecified atom stereocenters. The number of aromatic nitrogens is 1. The molecule has 0 spiro atoms. The zero-order chi connectivity index (χ0) is 16.9. The van der Waals surface area contributed by atoms with Crippen molar-refractivity contribution in [2.45, 2.75) is 19.0 Å². The van der Waals surface area contributed by atoms with Crippen molar-refractivity contribution in [1.29, 1.82) is 0 Å². The summed E-state index contributed by atoms with van der Waals surface area (Å²) in [5.41, 5.74) is 11.2. The summed E-state index contributed by atoms with van der Waals surface area (Å²) in [7, 11) is 0. The molecule has 0 radical (unpaired) electrons.